The maximum absolute atomic E-state index is 5.97. The lowest BCUT2D eigenvalue weighted by atomic mass is 9.93. The normalized spacial score (nSPS) is 18.4. The fourth-order valence-corrected chi connectivity index (χ4v) is 2.79. The van der Waals surface area contributed by atoms with E-state index in [1.54, 1.807) is 12.5 Å². The van der Waals surface area contributed by atoms with Crippen molar-refractivity contribution in [3.05, 3.63) is 47.9 Å². The molecule has 0 radical (unpaired) electrons. The quantitative estimate of drug-likeness (QED) is 0.929. The van der Waals surface area contributed by atoms with E-state index in [0.29, 0.717) is 0 Å². The SMILES string of the molecule is CNC[C@H]1OCCCc2c(-c3ccncn3)cccc21. The van der Waals surface area contributed by atoms with Crippen molar-refractivity contribution in [1.29, 1.82) is 0 Å². The van der Waals surface area contributed by atoms with Gasteiger partial charge in [0.1, 0.15) is 6.33 Å². The fraction of sp³-hybridized carbons (Fsp3) is 0.375. The van der Waals surface area contributed by atoms with Gasteiger partial charge < -0.3 is 10.1 Å². The van der Waals surface area contributed by atoms with Crippen molar-refractivity contribution in [2.45, 2.75) is 18.9 Å². The Bertz CT molecular complexity index is 571. The third-order valence-electron chi connectivity index (χ3n) is 3.70. The molecule has 104 valence electrons. The van der Waals surface area contributed by atoms with Crippen molar-refractivity contribution in [2.75, 3.05) is 20.2 Å². The molecule has 0 aliphatic carbocycles. The first kappa shape index (κ1) is 13.2. The van der Waals surface area contributed by atoms with Crippen molar-refractivity contribution >= 4 is 0 Å². The molecule has 1 aliphatic heterocycles. The monoisotopic (exact) mass is 269 g/mol. The number of nitrogens with zero attached hydrogens (tertiary/aromatic N) is 2. The number of fused-ring (bicyclic) bond motifs is 1. The van der Waals surface area contributed by atoms with Gasteiger partial charge in [-0.05, 0) is 37.1 Å². The number of hydrogen-bond acceptors (Lipinski definition) is 4. The van der Waals surface area contributed by atoms with E-state index in [1.165, 1.54) is 16.7 Å². The fourth-order valence-electron chi connectivity index (χ4n) is 2.79. The highest BCUT2D eigenvalue weighted by atomic mass is 16.5. The first-order valence-corrected chi connectivity index (χ1v) is 7.04. The average molecular weight is 269 g/mol. The molecule has 4 nitrogen and oxygen atoms in total. The highest BCUT2D eigenvalue weighted by molar-refractivity contribution is 5.65. The van der Waals surface area contributed by atoms with Gasteiger partial charge in [0.15, 0.2) is 0 Å². The molecular formula is C16H19N3O. The van der Waals surface area contributed by atoms with E-state index < -0.39 is 0 Å². The third-order valence-corrected chi connectivity index (χ3v) is 3.70. The van der Waals surface area contributed by atoms with E-state index in [2.05, 4.69) is 33.5 Å². The minimum atomic E-state index is 0.124. The summed E-state index contributed by atoms with van der Waals surface area (Å²) in [6.07, 6.45) is 5.61. The van der Waals surface area contributed by atoms with Crippen LogP contribution in [0.5, 0.6) is 0 Å². The molecule has 20 heavy (non-hydrogen) atoms. The number of aromatic nitrogens is 2. The molecule has 0 spiro atoms. The maximum atomic E-state index is 5.97. The van der Waals surface area contributed by atoms with E-state index in [-0.39, 0.29) is 6.10 Å². The van der Waals surface area contributed by atoms with Crippen LogP contribution in [0.2, 0.25) is 0 Å². The summed E-state index contributed by atoms with van der Waals surface area (Å²) in [5.41, 5.74) is 4.84. The Morgan fingerprint density at radius 3 is 3.10 bits per heavy atom. The van der Waals surface area contributed by atoms with Gasteiger partial charge in [-0.25, -0.2) is 9.97 Å². The zero-order valence-electron chi connectivity index (χ0n) is 11.7. The number of nitrogens with one attached hydrogen (secondary N) is 1. The number of likely N-dealkylation sites (N-methyl/N-ethyl adjacent to an activating group) is 1. The Hall–Kier alpha value is -1.78. The molecule has 0 amide bonds. The lowest BCUT2D eigenvalue weighted by molar-refractivity contribution is 0.0579. The summed E-state index contributed by atoms with van der Waals surface area (Å²) in [4.78, 5) is 8.39. The maximum Gasteiger partial charge on any atom is 0.116 e. The molecule has 0 saturated heterocycles. The molecular weight excluding hydrogens is 250 g/mol. The van der Waals surface area contributed by atoms with E-state index in [1.807, 2.05) is 13.1 Å². The predicted molar refractivity (Wildman–Crippen MR) is 78.4 cm³/mol. The zero-order chi connectivity index (χ0) is 13.8. The van der Waals surface area contributed by atoms with Crippen LogP contribution < -0.4 is 5.32 Å². The summed E-state index contributed by atoms with van der Waals surface area (Å²) in [6.45, 7) is 1.64. The Morgan fingerprint density at radius 2 is 2.30 bits per heavy atom. The van der Waals surface area contributed by atoms with Crippen molar-refractivity contribution in [3.63, 3.8) is 0 Å². The highest BCUT2D eigenvalue weighted by Crippen LogP contribution is 2.32. The molecule has 1 aliphatic rings. The van der Waals surface area contributed by atoms with Crippen molar-refractivity contribution < 1.29 is 4.74 Å². The Kier molecular flexibility index (Phi) is 4.04. The van der Waals surface area contributed by atoms with Gasteiger partial charge in [0, 0.05) is 24.9 Å². The van der Waals surface area contributed by atoms with Crippen LogP contribution in [0, 0.1) is 0 Å². The summed E-state index contributed by atoms with van der Waals surface area (Å²) in [6, 6.07) is 8.37. The van der Waals surface area contributed by atoms with Gasteiger partial charge >= 0.3 is 0 Å². The van der Waals surface area contributed by atoms with Crippen LogP contribution in [0.25, 0.3) is 11.3 Å². The smallest absolute Gasteiger partial charge is 0.116 e. The largest absolute Gasteiger partial charge is 0.372 e. The second kappa shape index (κ2) is 6.11. The predicted octanol–water partition coefficient (Wildman–Crippen LogP) is 2.37. The van der Waals surface area contributed by atoms with Crippen LogP contribution in [0.1, 0.15) is 23.7 Å². The molecule has 1 aromatic carbocycles. The summed E-state index contributed by atoms with van der Waals surface area (Å²) >= 11 is 0. The van der Waals surface area contributed by atoms with Crippen LogP contribution in [0.4, 0.5) is 0 Å². The molecule has 0 fully saturated rings. The van der Waals surface area contributed by atoms with Gasteiger partial charge in [-0.3, -0.25) is 0 Å². The molecule has 2 heterocycles. The first-order chi connectivity index (χ1) is 9.90. The number of hydrogen-bond donors (Lipinski definition) is 1. The van der Waals surface area contributed by atoms with E-state index in [4.69, 9.17) is 4.74 Å². The molecule has 3 rings (SSSR count). The Morgan fingerprint density at radius 1 is 1.35 bits per heavy atom. The average Bonchev–Trinajstić information content (AvgIpc) is 2.71. The number of ether oxygens (including phenoxy) is 1. The van der Waals surface area contributed by atoms with Crippen molar-refractivity contribution in [3.8, 4) is 11.3 Å². The van der Waals surface area contributed by atoms with Crippen molar-refractivity contribution in [1.82, 2.24) is 15.3 Å². The summed E-state index contributed by atoms with van der Waals surface area (Å²) < 4.78 is 5.97. The van der Waals surface area contributed by atoms with Crippen LogP contribution in [-0.4, -0.2) is 30.2 Å². The topological polar surface area (TPSA) is 47.0 Å². The number of benzene rings is 1. The lowest BCUT2D eigenvalue weighted by Crippen LogP contribution is -2.20. The third kappa shape index (κ3) is 2.57. The minimum absolute atomic E-state index is 0.124. The Balaban J connectivity index is 2.08. The standard InChI is InChI=1S/C16H19N3O/c1-17-10-16-14-5-2-4-13(12(14)6-3-9-20-16)15-7-8-18-11-19-15/h2,4-5,7-8,11,16-17H,3,6,9-10H2,1H3/t16-/m1/s1. The van der Waals surface area contributed by atoms with Gasteiger partial charge in [-0.15, -0.1) is 0 Å². The van der Waals surface area contributed by atoms with Crippen LogP contribution in [-0.2, 0) is 11.2 Å². The van der Waals surface area contributed by atoms with Gasteiger partial charge in [0.2, 0.25) is 0 Å². The second-order valence-electron chi connectivity index (χ2n) is 4.99. The van der Waals surface area contributed by atoms with Crippen LogP contribution in [0.3, 0.4) is 0 Å². The van der Waals surface area contributed by atoms with E-state index >= 15 is 0 Å². The Labute approximate surface area is 119 Å². The molecule has 4 heteroatoms. The second-order valence-corrected chi connectivity index (χ2v) is 4.99. The molecule has 0 saturated carbocycles. The summed E-state index contributed by atoms with van der Waals surface area (Å²) in [7, 11) is 1.96. The van der Waals surface area contributed by atoms with Gasteiger partial charge in [0.25, 0.3) is 0 Å². The van der Waals surface area contributed by atoms with E-state index in [0.717, 1.165) is 31.7 Å². The minimum Gasteiger partial charge on any atom is -0.372 e. The van der Waals surface area contributed by atoms with Gasteiger partial charge in [-0.1, -0.05) is 18.2 Å². The molecule has 1 N–H and O–H groups in total. The van der Waals surface area contributed by atoms with Crippen LogP contribution >= 0.6 is 0 Å². The van der Waals surface area contributed by atoms with Crippen LogP contribution in [0.15, 0.2) is 36.8 Å². The van der Waals surface area contributed by atoms with Crippen molar-refractivity contribution in [2.24, 2.45) is 0 Å². The van der Waals surface area contributed by atoms with Gasteiger partial charge in [0.05, 0.1) is 11.8 Å². The van der Waals surface area contributed by atoms with E-state index in [9.17, 15) is 0 Å². The number of rotatable bonds is 3. The molecule has 1 atom stereocenters. The molecule has 1 aromatic heterocycles. The summed E-state index contributed by atoms with van der Waals surface area (Å²) in [5.74, 6) is 0. The zero-order valence-corrected chi connectivity index (χ0v) is 11.7. The molecule has 0 bridgehead atoms. The van der Waals surface area contributed by atoms with Gasteiger partial charge in [-0.2, -0.15) is 0 Å². The highest BCUT2D eigenvalue weighted by Gasteiger charge is 2.21. The molecule has 0 unspecified atom stereocenters. The first-order valence-electron chi connectivity index (χ1n) is 7.04. The molecule has 2 aromatic rings. The lowest BCUT2D eigenvalue weighted by Gasteiger charge is -2.19. The summed E-state index contributed by atoms with van der Waals surface area (Å²) in [5, 5.41) is 3.21.